The van der Waals surface area contributed by atoms with Crippen LogP contribution in [0.15, 0.2) is 0 Å². The molecule has 5 N–H and O–H groups in total. The van der Waals surface area contributed by atoms with E-state index in [0.717, 1.165) is 5.75 Å². The number of nitrogens with two attached hydrogens (primary N) is 1. The molecular weight excluding hydrogens is 186 g/mol. The maximum atomic E-state index is 10.1. The van der Waals surface area contributed by atoms with Crippen LogP contribution in [-0.2, 0) is 4.79 Å². The molecule has 0 fully saturated rings. The van der Waals surface area contributed by atoms with Crippen LogP contribution in [0.3, 0.4) is 0 Å². The Morgan fingerprint density at radius 3 is 2.45 bits per heavy atom. The van der Waals surface area contributed by atoms with Gasteiger partial charge in [0.2, 0.25) is 0 Å². The summed E-state index contributed by atoms with van der Waals surface area (Å²) in [7, 11) is 0. The van der Waals surface area contributed by atoms with Gasteiger partial charge in [-0.3, -0.25) is 4.79 Å². The van der Waals surface area contributed by atoms with Crippen LogP contribution in [0.4, 0.5) is 0 Å². The number of carboxylic acid groups (broad SMARTS) is 1. The summed E-state index contributed by atoms with van der Waals surface area (Å²) in [6.07, 6.45) is 2.48. The summed E-state index contributed by atoms with van der Waals surface area (Å²) < 4.78 is 0. The van der Waals surface area contributed by atoms with Gasteiger partial charge in [0.15, 0.2) is 0 Å². The highest BCUT2D eigenvalue weighted by atomic mass is 32.2. The maximum absolute atomic E-state index is 10.1. The van der Waals surface area contributed by atoms with Crippen LogP contribution < -0.4 is 5.73 Å². The van der Waals surface area contributed by atoms with Crippen molar-refractivity contribution in [3.05, 3.63) is 0 Å². The largest absolute Gasteiger partial charge is 0.480 e. The third-order valence-electron chi connectivity index (χ3n) is 0.950. The van der Waals surface area contributed by atoms with Crippen molar-refractivity contribution < 1.29 is 15.4 Å². The molecule has 0 saturated carbocycles. The molecule has 70 valence electrons. The number of aliphatic carboxylic acids is 1. The second-order valence-electron chi connectivity index (χ2n) is 1.73. The molecule has 0 aliphatic heterocycles. The summed E-state index contributed by atoms with van der Waals surface area (Å²) in [5.74, 6) is -0.1000. The van der Waals surface area contributed by atoms with Crippen molar-refractivity contribution in [2.45, 2.75) is 12.5 Å². The molecule has 11 heavy (non-hydrogen) atoms. The van der Waals surface area contributed by atoms with Crippen molar-refractivity contribution in [3.63, 3.8) is 0 Å². The second kappa shape index (κ2) is 10.1. The monoisotopic (exact) mass is 201 g/mol. The molecular formula is C5H15NO3S2. The van der Waals surface area contributed by atoms with E-state index in [9.17, 15) is 4.79 Å². The van der Waals surface area contributed by atoms with Gasteiger partial charge in [-0.25, -0.2) is 0 Å². The summed E-state index contributed by atoms with van der Waals surface area (Å²) in [6.45, 7) is 0. The molecule has 0 bridgehead atoms. The zero-order valence-electron chi connectivity index (χ0n) is 6.33. The van der Waals surface area contributed by atoms with Gasteiger partial charge in [-0.2, -0.15) is 25.3 Å². The number of hydrogen-bond acceptors (Lipinski definition) is 3. The van der Waals surface area contributed by atoms with Crippen LogP contribution in [0.1, 0.15) is 6.42 Å². The Hall–Kier alpha value is 0.0900. The quantitative estimate of drug-likeness (QED) is 0.637. The van der Waals surface area contributed by atoms with Gasteiger partial charge in [-0.05, 0) is 18.4 Å². The van der Waals surface area contributed by atoms with E-state index < -0.39 is 12.0 Å². The number of hydrogen-bond donors (Lipinski definition) is 2. The topological polar surface area (TPSA) is 94.8 Å². The van der Waals surface area contributed by atoms with Crippen molar-refractivity contribution in [2.75, 3.05) is 12.0 Å². The smallest absolute Gasteiger partial charge is 0.320 e. The Morgan fingerprint density at radius 2 is 2.18 bits per heavy atom. The minimum atomic E-state index is -0.913. The van der Waals surface area contributed by atoms with Crippen LogP contribution in [-0.4, -0.2) is 34.6 Å². The fourth-order valence-electron chi connectivity index (χ4n) is 0.368. The number of rotatable bonds is 4. The summed E-state index contributed by atoms with van der Waals surface area (Å²) in [5, 5.41) is 8.27. The third-order valence-corrected chi connectivity index (χ3v) is 1.59. The number of thioether (sulfide) groups is 1. The van der Waals surface area contributed by atoms with Crippen molar-refractivity contribution in [2.24, 2.45) is 5.73 Å². The van der Waals surface area contributed by atoms with Gasteiger partial charge in [-0.15, -0.1) is 0 Å². The standard InChI is InChI=1S/C5H11NO2S.H2O.H2S/c1-9-3-2-4(6)5(7)8;;/h4H,2-3,6H2,1H3,(H,7,8);2*1H2. The molecule has 0 amide bonds. The zero-order valence-corrected chi connectivity index (χ0v) is 8.15. The highest BCUT2D eigenvalue weighted by molar-refractivity contribution is 7.98. The Bertz CT molecular complexity index is 102. The first kappa shape index (κ1) is 17.3. The fourth-order valence-corrected chi connectivity index (χ4v) is 0.858. The first-order valence-electron chi connectivity index (χ1n) is 2.65. The molecule has 1 unspecified atom stereocenters. The third kappa shape index (κ3) is 10.1. The molecule has 0 spiro atoms. The lowest BCUT2D eigenvalue weighted by Crippen LogP contribution is -2.30. The zero-order chi connectivity index (χ0) is 7.28. The van der Waals surface area contributed by atoms with Crippen molar-refractivity contribution in [1.29, 1.82) is 0 Å². The van der Waals surface area contributed by atoms with Crippen molar-refractivity contribution >= 4 is 31.2 Å². The lowest BCUT2D eigenvalue weighted by atomic mass is 10.2. The van der Waals surface area contributed by atoms with E-state index in [4.69, 9.17) is 10.8 Å². The van der Waals surface area contributed by atoms with E-state index in [1.807, 2.05) is 6.26 Å². The van der Waals surface area contributed by atoms with Gasteiger partial charge >= 0.3 is 5.97 Å². The van der Waals surface area contributed by atoms with Crippen molar-refractivity contribution in [3.8, 4) is 0 Å². The maximum Gasteiger partial charge on any atom is 0.320 e. The van der Waals surface area contributed by atoms with Crippen LogP contribution in [0.5, 0.6) is 0 Å². The molecule has 0 heterocycles. The normalized spacial score (nSPS) is 10.7. The number of carbonyl (C=O) groups is 1. The SMILES string of the molecule is CSCCC(N)C(=O)O.O.S. The average molecular weight is 201 g/mol. The summed E-state index contributed by atoms with van der Waals surface area (Å²) in [4.78, 5) is 10.1. The molecule has 0 aliphatic rings. The van der Waals surface area contributed by atoms with E-state index in [0.29, 0.717) is 6.42 Å². The van der Waals surface area contributed by atoms with Gasteiger partial charge in [0.1, 0.15) is 6.04 Å². The lowest BCUT2D eigenvalue weighted by molar-refractivity contribution is -0.138. The molecule has 0 aromatic carbocycles. The molecule has 0 rings (SSSR count). The molecule has 4 nitrogen and oxygen atoms in total. The Balaban J connectivity index is -0.000000320. The minimum Gasteiger partial charge on any atom is -0.480 e. The van der Waals surface area contributed by atoms with E-state index in [2.05, 4.69) is 0 Å². The van der Waals surface area contributed by atoms with E-state index >= 15 is 0 Å². The first-order chi connectivity index (χ1) is 4.18. The Morgan fingerprint density at radius 1 is 1.73 bits per heavy atom. The van der Waals surface area contributed by atoms with Gasteiger partial charge < -0.3 is 16.3 Å². The lowest BCUT2D eigenvalue weighted by Gasteiger charge is -2.02. The van der Waals surface area contributed by atoms with Crippen LogP contribution in [0.25, 0.3) is 0 Å². The molecule has 0 radical (unpaired) electrons. The number of carboxylic acids is 1. The van der Waals surface area contributed by atoms with Gasteiger partial charge in [0.25, 0.3) is 0 Å². The van der Waals surface area contributed by atoms with Crippen LogP contribution >= 0.6 is 25.3 Å². The van der Waals surface area contributed by atoms with E-state index in [1.54, 1.807) is 11.8 Å². The Labute approximate surface area is 77.3 Å². The molecule has 0 saturated heterocycles. The predicted molar refractivity (Wildman–Crippen MR) is 52.6 cm³/mol. The van der Waals surface area contributed by atoms with Gasteiger partial charge in [-0.1, -0.05) is 0 Å². The average Bonchev–Trinajstić information content (AvgIpc) is 1.82. The van der Waals surface area contributed by atoms with Gasteiger partial charge in [0, 0.05) is 0 Å². The minimum absolute atomic E-state index is 0. The fraction of sp³-hybridized carbons (Fsp3) is 0.800. The highest BCUT2D eigenvalue weighted by Crippen LogP contribution is 1.97. The Kier molecular flexibility index (Phi) is 15.8. The van der Waals surface area contributed by atoms with Crippen molar-refractivity contribution in [1.82, 2.24) is 0 Å². The van der Waals surface area contributed by atoms with Crippen LogP contribution in [0, 0.1) is 0 Å². The predicted octanol–water partition coefficient (Wildman–Crippen LogP) is -0.560. The molecule has 6 heteroatoms. The molecule has 1 atom stereocenters. The first-order valence-corrected chi connectivity index (χ1v) is 4.05. The molecule has 0 aromatic heterocycles. The summed E-state index contributed by atoms with van der Waals surface area (Å²) >= 11 is 1.60. The van der Waals surface area contributed by atoms with Crippen LogP contribution in [0.2, 0.25) is 0 Å². The van der Waals surface area contributed by atoms with E-state index in [1.165, 1.54) is 0 Å². The summed E-state index contributed by atoms with van der Waals surface area (Å²) in [6, 6.07) is -0.683. The van der Waals surface area contributed by atoms with E-state index in [-0.39, 0.29) is 19.0 Å². The molecule has 0 aliphatic carbocycles. The molecule has 0 aromatic rings. The summed E-state index contributed by atoms with van der Waals surface area (Å²) in [5.41, 5.74) is 5.19. The highest BCUT2D eigenvalue weighted by Gasteiger charge is 2.08. The van der Waals surface area contributed by atoms with Gasteiger partial charge in [0.05, 0.1) is 0 Å². The second-order valence-corrected chi connectivity index (χ2v) is 2.71.